The number of benzene rings is 2. The second-order valence-electron chi connectivity index (χ2n) is 6.23. The molecule has 0 fully saturated rings. The fourth-order valence-electron chi connectivity index (χ4n) is 2.52. The standard InChI is InChI=1S/C21H21N3OS/c1-14-5-4-6-18(11-14)23-20(25)13-26-21-22-10-9-19(24-21)17-8-7-15(2)16(3)12-17/h4-12H,13H2,1-3H3,(H,23,25). The van der Waals surface area contributed by atoms with E-state index < -0.39 is 0 Å². The molecule has 0 unspecified atom stereocenters. The molecule has 5 heteroatoms. The Bertz CT molecular complexity index is 940. The highest BCUT2D eigenvalue weighted by atomic mass is 32.2. The van der Waals surface area contributed by atoms with Crippen LogP contribution in [0.15, 0.2) is 59.9 Å². The van der Waals surface area contributed by atoms with E-state index in [0.29, 0.717) is 5.16 Å². The van der Waals surface area contributed by atoms with E-state index >= 15 is 0 Å². The smallest absolute Gasteiger partial charge is 0.234 e. The average molecular weight is 363 g/mol. The van der Waals surface area contributed by atoms with Crippen LogP contribution in [0.5, 0.6) is 0 Å². The number of carbonyl (C=O) groups is 1. The van der Waals surface area contributed by atoms with Gasteiger partial charge in [0.2, 0.25) is 5.91 Å². The zero-order valence-electron chi connectivity index (χ0n) is 15.1. The van der Waals surface area contributed by atoms with Gasteiger partial charge in [-0.25, -0.2) is 9.97 Å². The molecule has 132 valence electrons. The molecule has 0 bridgehead atoms. The highest BCUT2D eigenvalue weighted by Gasteiger charge is 2.08. The van der Waals surface area contributed by atoms with Crippen LogP contribution in [0, 0.1) is 20.8 Å². The minimum Gasteiger partial charge on any atom is -0.325 e. The third kappa shape index (κ3) is 4.70. The number of thioether (sulfide) groups is 1. The summed E-state index contributed by atoms with van der Waals surface area (Å²) in [5.41, 5.74) is 6.32. The molecule has 0 saturated heterocycles. The first-order chi connectivity index (χ1) is 12.5. The number of carbonyl (C=O) groups excluding carboxylic acids is 1. The molecule has 3 rings (SSSR count). The zero-order valence-corrected chi connectivity index (χ0v) is 15.9. The van der Waals surface area contributed by atoms with Gasteiger partial charge < -0.3 is 5.32 Å². The Morgan fingerprint density at radius 3 is 2.65 bits per heavy atom. The van der Waals surface area contributed by atoms with Crippen LogP contribution in [0.25, 0.3) is 11.3 Å². The number of anilines is 1. The molecule has 1 aromatic heterocycles. The van der Waals surface area contributed by atoms with Crippen LogP contribution in [0.3, 0.4) is 0 Å². The molecule has 1 heterocycles. The summed E-state index contributed by atoms with van der Waals surface area (Å²) in [6.07, 6.45) is 1.73. The Kier molecular flexibility index (Phi) is 5.68. The van der Waals surface area contributed by atoms with Crippen molar-refractivity contribution in [3.63, 3.8) is 0 Å². The molecule has 3 aromatic rings. The number of amides is 1. The Labute approximate surface area is 158 Å². The van der Waals surface area contributed by atoms with E-state index in [1.807, 2.05) is 37.3 Å². The Balaban J connectivity index is 1.65. The monoisotopic (exact) mass is 363 g/mol. The Morgan fingerprint density at radius 2 is 1.88 bits per heavy atom. The van der Waals surface area contributed by atoms with Gasteiger partial charge in [0.25, 0.3) is 0 Å². The van der Waals surface area contributed by atoms with Gasteiger partial charge in [-0.1, -0.05) is 36.0 Å². The molecule has 4 nitrogen and oxygen atoms in total. The topological polar surface area (TPSA) is 54.9 Å². The van der Waals surface area contributed by atoms with Crippen LogP contribution in [-0.4, -0.2) is 21.6 Å². The quantitative estimate of drug-likeness (QED) is 0.522. The Hall–Kier alpha value is -2.66. The largest absolute Gasteiger partial charge is 0.325 e. The number of aromatic nitrogens is 2. The van der Waals surface area contributed by atoms with Crippen molar-refractivity contribution in [2.45, 2.75) is 25.9 Å². The van der Waals surface area contributed by atoms with Crippen LogP contribution in [0.2, 0.25) is 0 Å². The molecule has 2 aromatic carbocycles. The molecule has 0 saturated carbocycles. The van der Waals surface area contributed by atoms with Crippen LogP contribution in [0.4, 0.5) is 5.69 Å². The van der Waals surface area contributed by atoms with Crippen molar-refractivity contribution >= 4 is 23.4 Å². The van der Waals surface area contributed by atoms with Crippen LogP contribution >= 0.6 is 11.8 Å². The number of hydrogen-bond acceptors (Lipinski definition) is 4. The van der Waals surface area contributed by atoms with Crippen LogP contribution < -0.4 is 5.32 Å². The van der Waals surface area contributed by atoms with Gasteiger partial charge in [0, 0.05) is 17.4 Å². The minimum absolute atomic E-state index is 0.0687. The fourth-order valence-corrected chi connectivity index (χ4v) is 3.15. The molecule has 0 aliphatic carbocycles. The summed E-state index contributed by atoms with van der Waals surface area (Å²) in [6, 6.07) is 15.9. The summed E-state index contributed by atoms with van der Waals surface area (Å²) in [6.45, 7) is 6.18. The molecular weight excluding hydrogens is 342 g/mol. The number of rotatable bonds is 5. The summed E-state index contributed by atoms with van der Waals surface area (Å²) < 4.78 is 0. The highest BCUT2D eigenvalue weighted by Crippen LogP contribution is 2.22. The first-order valence-electron chi connectivity index (χ1n) is 8.41. The minimum atomic E-state index is -0.0687. The molecule has 26 heavy (non-hydrogen) atoms. The van der Waals surface area contributed by atoms with Crippen molar-refractivity contribution in [1.29, 1.82) is 0 Å². The first-order valence-corrected chi connectivity index (χ1v) is 9.40. The van der Waals surface area contributed by atoms with Crippen LogP contribution in [-0.2, 0) is 4.79 Å². The number of aryl methyl sites for hydroxylation is 3. The van der Waals surface area contributed by atoms with E-state index in [9.17, 15) is 4.79 Å². The van der Waals surface area contributed by atoms with Crippen molar-refractivity contribution < 1.29 is 4.79 Å². The highest BCUT2D eigenvalue weighted by molar-refractivity contribution is 7.99. The SMILES string of the molecule is Cc1cccc(NC(=O)CSc2nccc(-c3ccc(C)c(C)c3)n2)c1. The summed E-state index contributed by atoms with van der Waals surface area (Å²) >= 11 is 1.33. The van der Waals surface area contributed by atoms with E-state index in [1.54, 1.807) is 6.20 Å². The van der Waals surface area contributed by atoms with E-state index in [-0.39, 0.29) is 11.7 Å². The second kappa shape index (κ2) is 8.15. The van der Waals surface area contributed by atoms with Crippen molar-refractivity contribution in [1.82, 2.24) is 9.97 Å². The summed E-state index contributed by atoms with van der Waals surface area (Å²) in [5, 5.41) is 3.49. The second-order valence-corrected chi connectivity index (χ2v) is 7.17. The lowest BCUT2D eigenvalue weighted by Crippen LogP contribution is -2.14. The predicted molar refractivity (Wildman–Crippen MR) is 107 cm³/mol. The van der Waals surface area contributed by atoms with Gasteiger partial charge in [0.1, 0.15) is 0 Å². The van der Waals surface area contributed by atoms with Gasteiger partial charge in [-0.3, -0.25) is 4.79 Å². The summed E-state index contributed by atoms with van der Waals surface area (Å²) in [5.74, 6) is 0.199. The van der Waals surface area contributed by atoms with Gasteiger partial charge in [0.15, 0.2) is 5.16 Å². The molecule has 0 spiro atoms. The van der Waals surface area contributed by atoms with Crippen molar-refractivity contribution in [2.75, 3.05) is 11.1 Å². The predicted octanol–water partition coefficient (Wildman–Crippen LogP) is 4.80. The number of hydrogen-bond donors (Lipinski definition) is 1. The zero-order chi connectivity index (χ0) is 18.5. The molecule has 0 aliphatic heterocycles. The molecule has 1 N–H and O–H groups in total. The van der Waals surface area contributed by atoms with E-state index in [0.717, 1.165) is 22.5 Å². The normalized spacial score (nSPS) is 10.6. The van der Waals surface area contributed by atoms with E-state index in [2.05, 4.69) is 47.3 Å². The lowest BCUT2D eigenvalue weighted by Gasteiger charge is -2.07. The van der Waals surface area contributed by atoms with E-state index in [4.69, 9.17) is 0 Å². The van der Waals surface area contributed by atoms with Gasteiger partial charge in [-0.05, 0) is 61.7 Å². The van der Waals surface area contributed by atoms with Crippen molar-refractivity contribution in [3.05, 3.63) is 71.4 Å². The molecule has 0 aliphatic rings. The summed E-state index contributed by atoms with van der Waals surface area (Å²) in [7, 11) is 0. The third-order valence-electron chi connectivity index (χ3n) is 4.07. The maximum Gasteiger partial charge on any atom is 0.234 e. The summed E-state index contributed by atoms with van der Waals surface area (Å²) in [4.78, 5) is 21.0. The molecule has 0 radical (unpaired) electrons. The van der Waals surface area contributed by atoms with Crippen molar-refractivity contribution in [3.8, 4) is 11.3 Å². The molecular formula is C21H21N3OS. The molecule has 0 atom stereocenters. The van der Waals surface area contributed by atoms with Crippen molar-refractivity contribution in [2.24, 2.45) is 0 Å². The van der Waals surface area contributed by atoms with Gasteiger partial charge in [0.05, 0.1) is 11.4 Å². The Morgan fingerprint density at radius 1 is 1.04 bits per heavy atom. The average Bonchev–Trinajstić information content (AvgIpc) is 2.62. The lowest BCUT2D eigenvalue weighted by atomic mass is 10.0. The lowest BCUT2D eigenvalue weighted by molar-refractivity contribution is -0.113. The first kappa shape index (κ1) is 18.1. The number of nitrogens with one attached hydrogen (secondary N) is 1. The molecule has 1 amide bonds. The van der Waals surface area contributed by atoms with Gasteiger partial charge in [-0.15, -0.1) is 0 Å². The van der Waals surface area contributed by atoms with Gasteiger partial charge >= 0.3 is 0 Å². The third-order valence-corrected chi connectivity index (χ3v) is 4.93. The number of nitrogens with zero attached hydrogens (tertiary/aromatic N) is 2. The maximum absolute atomic E-state index is 12.1. The van der Waals surface area contributed by atoms with Crippen LogP contribution in [0.1, 0.15) is 16.7 Å². The van der Waals surface area contributed by atoms with Gasteiger partial charge in [-0.2, -0.15) is 0 Å². The fraction of sp³-hybridized carbons (Fsp3) is 0.190. The maximum atomic E-state index is 12.1. The van der Waals surface area contributed by atoms with E-state index in [1.165, 1.54) is 22.9 Å².